The van der Waals surface area contributed by atoms with E-state index in [-0.39, 0.29) is 0 Å². The van der Waals surface area contributed by atoms with Crippen LogP contribution < -0.4 is 4.74 Å². The molecule has 0 aliphatic carbocycles. The van der Waals surface area contributed by atoms with Gasteiger partial charge in [-0.25, -0.2) is 0 Å². The Bertz CT molecular complexity index is 588. The minimum Gasteiger partial charge on any atom is -0.486 e. The maximum Gasteiger partial charge on any atom is 0.153 e. The number of aldehydes is 1. The maximum absolute atomic E-state index is 11.0. The van der Waals surface area contributed by atoms with Crippen molar-refractivity contribution in [3.8, 4) is 5.75 Å². The molecule has 0 aliphatic rings. The van der Waals surface area contributed by atoms with Crippen molar-refractivity contribution in [3.63, 3.8) is 0 Å². The zero-order chi connectivity index (χ0) is 13.8. The molecular formula is C15H18N2O2. The molecule has 0 saturated heterocycles. The Morgan fingerprint density at radius 2 is 2.16 bits per heavy atom. The van der Waals surface area contributed by atoms with Gasteiger partial charge in [0.15, 0.2) is 6.29 Å². The van der Waals surface area contributed by atoms with Crippen LogP contribution in [0.15, 0.2) is 24.3 Å². The average Bonchev–Trinajstić information content (AvgIpc) is 2.77. The van der Waals surface area contributed by atoms with Crippen LogP contribution in [0.25, 0.3) is 0 Å². The third-order valence-corrected chi connectivity index (χ3v) is 3.02. The number of para-hydroxylation sites is 1. The molecule has 0 amide bonds. The Kier molecular flexibility index (Phi) is 4.00. The molecule has 2 rings (SSSR count). The Morgan fingerprint density at radius 3 is 2.84 bits per heavy atom. The van der Waals surface area contributed by atoms with Crippen molar-refractivity contribution in [3.05, 3.63) is 46.8 Å². The average molecular weight is 258 g/mol. The summed E-state index contributed by atoms with van der Waals surface area (Å²) in [6.45, 7) is 7.16. The third-order valence-electron chi connectivity index (χ3n) is 3.02. The minimum atomic E-state index is 0.417. The summed E-state index contributed by atoms with van der Waals surface area (Å²) in [5.74, 6) is 0.652. The van der Waals surface area contributed by atoms with Crippen LogP contribution in [0.4, 0.5) is 0 Å². The van der Waals surface area contributed by atoms with Crippen LogP contribution in [-0.2, 0) is 13.2 Å². The largest absolute Gasteiger partial charge is 0.486 e. The quantitative estimate of drug-likeness (QED) is 0.774. The van der Waals surface area contributed by atoms with Crippen LogP contribution in [0.1, 0.15) is 34.2 Å². The molecule has 0 atom stereocenters. The molecule has 1 aromatic carbocycles. The highest BCUT2D eigenvalue weighted by Gasteiger charge is 2.09. The summed E-state index contributed by atoms with van der Waals surface area (Å²) in [5, 5.41) is 4.37. The number of carbonyl (C=O) groups excluding carboxylic acids is 1. The molecule has 4 nitrogen and oxygen atoms in total. The fourth-order valence-corrected chi connectivity index (χ4v) is 2.10. The van der Waals surface area contributed by atoms with E-state index in [4.69, 9.17) is 4.74 Å². The zero-order valence-corrected chi connectivity index (χ0v) is 11.5. The zero-order valence-electron chi connectivity index (χ0n) is 11.5. The lowest BCUT2D eigenvalue weighted by molar-refractivity contribution is 0.111. The fraction of sp³-hybridized carbons (Fsp3) is 0.333. The summed E-state index contributed by atoms with van der Waals surface area (Å²) in [6.07, 6.45) is 0.824. The van der Waals surface area contributed by atoms with E-state index < -0.39 is 0 Å². The van der Waals surface area contributed by atoms with Gasteiger partial charge in [-0.05, 0) is 38.5 Å². The highest BCUT2D eigenvalue weighted by molar-refractivity contribution is 5.80. The summed E-state index contributed by atoms with van der Waals surface area (Å²) in [7, 11) is 0. The first-order valence-electron chi connectivity index (χ1n) is 6.36. The second kappa shape index (κ2) is 5.69. The molecule has 0 fully saturated rings. The standard InChI is InChI=1S/C15H18N2O2/c1-4-17-14(8-12(3)16-17)10-19-15-11(2)6-5-7-13(15)9-18/h5-9H,4,10H2,1-3H3. The van der Waals surface area contributed by atoms with Gasteiger partial charge >= 0.3 is 0 Å². The summed E-state index contributed by atoms with van der Waals surface area (Å²) in [5.41, 5.74) is 3.53. The molecule has 0 radical (unpaired) electrons. The molecule has 0 bridgehead atoms. The molecular weight excluding hydrogens is 240 g/mol. The van der Waals surface area contributed by atoms with Gasteiger partial charge in [0.2, 0.25) is 0 Å². The second-order valence-corrected chi connectivity index (χ2v) is 4.49. The molecule has 0 unspecified atom stereocenters. The predicted octanol–water partition coefficient (Wildman–Crippen LogP) is 2.91. The lowest BCUT2D eigenvalue weighted by Gasteiger charge is -2.11. The fourth-order valence-electron chi connectivity index (χ4n) is 2.10. The van der Waals surface area contributed by atoms with E-state index >= 15 is 0 Å². The van der Waals surface area contributed by atoms with Crippen LogP contribution in [0.3, 0.4) is 0 Å². The molecule has 0 saturated carbocycles. The molecule has 1 aromatic heterocycles. The smallest absolute Gasteiger partial charge is 0.153 e. The van der Waals surface area contributed by atoms with Gasteiger partial charge < -0.3 is 4.74 Å². The molecule has 0 aliphatic heterocycles. The molecule has 0 spiro atoms. The topological polar surface area (TPSA) is 44.1 Å². The van der Waals surface area contributed by atoms with Crippen molar-refractivity contribution in [2.45, 2.75) is 33.9 Å². The number of rotatable bonds is 5. The van der Waals surface area contributed by atoms with Gasteiger partial charge in [-0.3, -0.25) is 9.48 Å². The number of aryl methyl sites for hydroxylation is 3. The van der Waals surface area contributed by atoms with Gasteiger partial charge in [0.05, 0.1) is 17.0 Å². The number of hydrogen-bond donors (Lipinski definition) is 0. The molecule has 19 heavy (non-hydrogen) atoms. The molecule has 2 aromatic rings. The van der Waals surface area contributed by atoms with Crippen LogP contribution in [0, 0.1) is 13.8 Å². The summed E-state index contributed by atoms with van der Waals surface area (Å²) in [6, 6.07) is 7.55. The first-order valence-corrected chi connectivity index (χ1v) is 6.36. The minimum absolute atomic E-state index is 0.417. The Morgan fingerprint density at radius 1 is 1.37 bits per heavy atom. The van der Waals surface area contributed by atoms with E-state index in [0.717, 1.165) is 29.8 Å². The third kappa shape index (κ3) is 2.84. The van der Waals surface area contributed by atoms with E-state index in [9.17, 15) is 4.79 Å². The number of hydrogen-bond acceptors (Lipinski definition) is 3. The molecule has 100 valence electrons. The van der Waals surface area contributed by atoms with Gasteiger partial charge in [-0.2, -0.15) is 5.10 Å². The van der Waals surface area contributed by atoms with Crippen LogP contribution in [-0.4, -0.2) is 16.1 Å². The van der Waals surface area contributed by atoms with Crippen LogP contribution >= 0.6 is 0 Å². The van der Waals surface area contributed by atoms with E-state index in [1.807, 2.05) is 43.7 Å². The second-order valence-electron chi connectivity index (χ2n) is 4.49. The van der Waals surface area contributed by atoms with Crippen molar-refractivity contribution in [1.29, 1.82) is 0 Å². The number of ether oxygens (including phenoxy) is 1. The summed E-state index contributed by atoms with van der Waals surface area (Å²) >= 11 is 0. The van der Waals surface area contributed by atoms with Crippen LogP contribution in [0.5, 0.6) is 5.75 Å². The van der Waals surface area contributed by atoms with E-state index in [0.29, 0.717) is 17.9 Å². The van der Waals surface area contributed by atoms with Crippen molar-refractivity contribution in [1.82, 2.24) is 9.78 Å². The number of aromatic nitrogens is 2. The van der Waals surface area contributed by atoms with Gasteiger partial charge in [0.25, 0.3) is 0 Å². The van der Waals surface area contributed by atoms with Gasteiger partial charge in [-0.15, -0.1) is 0 Å². The van der Waals surface area contributed by atoms with Gasteiger partial charge in [-0.1, -0.05) is 12.1 Å². The van der Waals surface area contributed by atoms with Crippen molar-refractivity contribution >= 4 is 6.29 Å². The number of carbonyl (C=O) groups is 1. The van der Waals surface area contributed by atoms with Crippen molar-refractivity contribution < 1.29 is 9.53 Å². The number of benzene rings is 1. The van der Waals surface area contributed by atoms with E-state index in [1.165, 1.54) is 0 Å². The van der Waals surface area contributed by atoms with Gasteiger partial charge in [0.1, 0.15) is 12.4 Å². The first kappa shape index (κ1) is 13.3. The molecule has 0 N–H and O–H groups in total. The Balaban J connectivity index is 2.21. The van der Waals surface area contributed by atoms with Crippen LogP contribution in [0.2, 0.25) is 0 Å². The Labute approximate surface area is 113 Å². The van der Waals surface area contributed by atoms with E-state index in [1.54, 1.807) is 6.07 Å². The predicted molar refractivity (Wildman–Crippen MR) is 73.5 cm³/mol. The highest BCUT2D eigenvalue weighted by atomic mass is 16.5. The SMILES string of the molecule is CCn1nc(C)cc1COc1c(C)cccc1C=O. The molecule has 1 heterocycles. The van der Waals surface area contributed by atoms with Crippen molar-refractivity contribution in [2.24, 2.45) is 0 Å². The monoisotopic (exact) mass is 258 g/mol. The van der Waals surface area contributed by atoms with Gasteiger partial charge in [0, 0.05) is 6.54 Å². The first-order chi connectivity index (χ1) is 9.15. The van der Waals surface area contributed by atoms with Crippen molar-refractivity contribution in [2.75, 3.05) is 0 Å². The molecule has 4 heteroatoms. The number of nitrogens with zero attached hydrogens (tertiary/aromatic N) is 2. The summed E-state index contributed by atoms with van der Waals surface area (Å²) < 4.78 is 7.72. The lowest BCUT2D eigenvalue weighted by atomic mass is 10.1. The normalized spacial score (nSPS) is 10.5. The summed E-state index contributed by atoms with van der Waals surface area (Å²) in [4.78, 5) is 11.0. The van der Waals surface area contributed by atoms with E-state index in [2.05, 4.69) is 5.10 Å². The maximum atomic E-state index is 11.0. The Hall–Kier alpha value is -2.10. The highest BCUT2D eigenvalue weighted by Crippen LogP contribution is 2.23. The lowest BCUT2D eigenvalue weighted by Crippen LogP contribution is -2.07.